The van der Waals surface area contributed by atoms with E-state index in [9.17, 15) is 20.0 Å². The summed E-state index contributed by atoms with van der Waals surface area (Å²) in [6, 6.07) is 15.8. The number of benzene rings is 2. The van der Waals surface area contributed by atoms with E-state index in [1.165, 1.54) is 40.3 Å². The van der Waals surface area contributed by atoms with Gasteiger partial charge in [-0.3, -0.25) is 10.1 Å². The Morgan fingerprint density at radius 2 is 1.87 bits per heavy atom. The molecular weight excluding hydrogens is 436 g/mol. The highest BCUT2D eigenvalue weighted by Crippen LogP contribution is 2.32. The number of aromatic carboxylic acids is 1. The van der Waals surface area contributed by atoms with Crippen molar-refractivity contribution < 1.29 is 14.8 Å². The van der Waals surface area contributed by atoms with Gasteiger partial charge in [0, 0.05) is 23.1 Å². The van der Waals surface area contributed by atoms with Crippen LogP contribution in [0.5, 0.6) is 0 Å². The van der Waals surface area contributed by atoms with Crippen molar-refractivity contribution in [2.45, 2.75) is 12.5 Å². The Hall–Kier alpha value is -3.63. The number of anilines is 1. The average Bonchev–Trinajstić information content (AvgIpc) is 3.44. The number of nitro benzene ring substituents is 1. The molecule has 1 unspecified atom stereocenters. The Labute approximate surface area is 185 Å². The van der Waals surface area contributed by atoms with Crippen molar-refractivity contribution in [3.05, 3.63) is 92.6 Å². The number of nitrogens with one attached hydrogen (secondary N) is 1. The molecule has 0 bridgehead atoms. The zero-order valence-corrected chi connectivity index (χ0v) is 17.6. The SMILES string of the molecule is O=C(O)c1ncsc1NC(Cc1ccc([N+](=O)[O-])cc1)c1csc(-c2ccccc2)n1. The van der Waals surface area contributed by atoms with Crippen LogP contribution in [0.25, 0.3) is 10.6 Å². The molecule has 0 aliphatic rings. The molecule has 2 N–H and O–H groups in total. The second-order valence-electron chi connectivity index (χ2n) is 6.60. The van der Waals surface area contributed by atoms with E-state index in [-0.39, 0.29) is 17.4 Å². The maximum absolute atomic E-state index is 11.5. The summed E-state index contributed by atoms with van der Waals surface area (Å²) in [5.74, 6) is -1.11. The third-order valence-corrected chi connectivity index (χ3v) is 6.23. The Kier molecular flexibility index (Phi) is 6.01. The van der Waals surface area contributed by atoms with Gasteiger partial charge in [-0.1, -0.05) is 42.5 Å². The van der Waals surface area contributed by atoms with Gasteiger partial charge in [-0.05, 0) is 12.0 Å². The molecule has 31 heavy (non-hydrogen) atoms. The lowest BCUT2D eigenvalue weighted by Crippen LogP contribution is -2.15. The molecule has 2 aromatic heterocycles. The molecule has 156 valence electrons. The Morgan fingerprint density at radius 3 is 2.55 bits per heavy atom. The maximum atomic E-state index is 11.5. The first-order valence-electron chi connectivity index (χ1n) is 9.19. The zero-order valence-electron chi connectivity index (χ0n) is 16.0. The third kappa shape index (κ3) is 4.76. The average molecular weight is 453 g/mol. The van der Waals surface area contributed by atoms with Gasteiger partial charge in [0.1, 0.15) is 10.0 Å². The quantitative estimate of drug-likeness (QED) is 0.276. The Bertz CT molecular complexity index is 1210. The topological polar surface area (TPSA) is 118 Å². The summed E-state index contributed by atoms with van der Waals surface area (Å²) in [5.41, 5.74) is 4.06. The van der Waals surface area contributed by atoms with Gasteiger partial charge in [0.25, 0.3) is 5.69 Å². The minimum atomic E-state index is -1.11. The fourth-order valence-electron chi connectivity index (χ4n) is 3.04. The lowest BCUT2D eigenvalue weighted by molar-refractivity contribution is -0.384. The molecule has 10 heteroatoms. The molecule has 0 radical (unpaired) electrons. The lowest BCUT2D eigenvalue weighted by Gasteiger charge is -2.17. The van der Waals surface area contributed by atoms with Crippen LogP contribution in [-0.4, -0.2) is 26.0 Å². The highest BCUT2D eigenvalue weighted by molar-refractivity contribution is 7.14. The van der Waals surface area contributed by atoms with Crippen LogP contribution in [0.15, 0.2) is 65.5 Å². The van der Waals surface area contributed by atoms with E-state index in [1.807, 2.05) is 35.7 Å². The minimum Gasteiger partial charge on any atom is -0.476 e. The molecule has 4 rings (SSSR count). The second kappa shape index (κ2) is 9.02. The number of non-ortho nitro benzene ring substituents is 1. The normalized spacial score (nSPS) is 11.7. The van der Waals surface area contributed by atoms with Crippen LogP contribution in [-0.2, 0) is 6.42 Å². The molecule has 0 fully saturated rings. The summed E-state index contributed by atoms with van der Waals surface area (Å²) < 4.78 is 0. The zero-order chi connectivity index (χ0) is 21.8. The van der Waals surface area contributed by atoms with Crippen LogP contribution >= 0.6 is 22.7 Å². The highest BCUT2D eigenvalue weighted by atomic mass is 32.1. The number of hydrogen-bond donors (Lipinski definition) is 2. The number of carboxylic acids is 1. The summed E-state index contributed by atoms with van der Waals surface area (Å²) in [6.45, 7) is 0. The summed E-state index contributed by atoms with van der Waals surface area (Å²) >= 11 is 2.71. The first kappa shape index (κ1) is 20.6. The van der Waals surface area contributed by atoms with E-state index in [4.69, 9.17) is 4.98 Å². The molecule has 0 aliphatic carbocycles. The Morgan fingerprint density at radius 1 is 1.13 bits per heavy atom. The minimum absolute atomic E-state index is 0.0175. The molecule has 0 aliphatic heterocycles. The molecule has 8 nitrogen and oxygen atoms in total. The lowest BCUT2D eigenvalue weighted by atomic mass is 10.0. The van der Waals surface area contributed by atoms with Crippen LogP contribution in [0.3, 0.4) is 0 Å². The number of rotatable bonds is 8. The van der Waals surface area contributed by atoms with Crippen molar-refractivity contribution in [2.24, 2.45) is 0 Å². The van der Waals surface area contributed by atoms with Crippen molar-refractivity contribution in [3.8, 4) is 10.6 Å². The fraction of sp³-hybridized carbons (Fsp3) is 0.0952. The van der Waals surface area contributed by atoms with E-state index in [1.54, 1.807) is 12.1 Å². The number of hydrogen-bond acceptors (Lipinski definition) is 8. The van der Waals surface area contributed by atoms with E-state index in [0.717, 1.165) is 21.8 Å². The molecule has 0 saturated carbocycles. The molecule has 1 atom stereocenters. The molecule has 0 saturated heterocycles. The predicted molar refractivity (Wildman–Crippen MR) is 120 cm³/mol. The van der Waals surface area contributed by atoms with Gasteiger partial charge in [-0.2, -0.15) is 0 Å². The summed E-state index contributed by atoms with van der Waals surface area (Å²) in [5, 5.41) is 26.8. The number of carbonyl (C=O) groups is 1. The smallest absolute Gasteiger partial charge is 0.357 e. The third-order valence-electron chi connectivity index (χ3n) is 4.56. The number of aromatic nitrogens is 2. The van der Waals surface area contributed by atoms with Crippen molar-refractivity contribution in [1.82, 2.24) is 9.97 Å². The summed E-state index contributed by atoms with van der Waals surface area (Å²) in [4.78, 5) is 30.6. The van der Waals surface area contributed by atoms with Gasteiger partial charge < -0.3 is 10.4 Å². The summed E-state index contributed by atoms with van der Waals surface area (Å²) in [7, 11) is 0. The van der Waals surface area contributed by atoms with Gasteiger partial charge in [-0.15, -0.1) is 22.7 Å². The number of thiazole rings is 2. The van der Waals surface area contributed by atoms with Crippen LogP contribution in [0, 0.1) is 10.1 Å². The van der Waals surface area contributed by atoms with Gasteiger partial charge in [-0.25, -0.2) is 14.8 Å². The van der Waals surface area contributed by atoms with Crippen LogP contribution in [0.2, 0.25) is 0 Å². The van der Waals surface area contributed by atoms with E-state index in [2.05, 4.69) is 10.3 Å². The predicted octanol–water partition coefficient (Wildman–Crippen LogP) is 5.27. The van der Waals surface area contributed by atoms with Crippen LogP contribution in [0.4, 0.5) is 10.7 Å². The van der Waals surface area contributed by atoms with Gasteiger partial charge in [0.05, 0.1) is 22.2 Å². The summed E-state index contributed by atoms with van der Waals surface area (Å²) in [6.07, 6.45) is 0.465. The molecule has 2 heterocycles. The molecule has 2 aromatic carbocycles. The van der Waals surface area contributed by atoms with E-state index < -0.39 is 10.9 Å². The molecule has 0 amide bonds. The van der Waals surface area contributed by atoms with Gasteiger partial charge in [0.2, 0.25) is 0 Å². The number of nitrogens with zero attached hydrogens (tertiary/aromatic N) is 3. The van der Waals surface area contributed by atoms with E-state index >= 15 is 0 Å². The van der Waals surface area contributed by atoms with Crippen LogP contribution in [0.1, 0.15) is 27.8 Å². The first-order chi connectivity index (χ1) is 15.0. The Balaban J connectivity index is 1.65. The maximum Gasteiger partial charge on any atom is 0.357 e. The molecular formula is C21H16N4O4S2. The van der Waals surface area contributed by atoms with Gasteiger partial charge >= 0.3 is 5.97 Å². The van der Waals surface area contributed by atoms with Crippen molar-refractivity contribution in [2.75, 3.05) is 5.32 Å². The number of carboxylic acid groups (broad SMARTS) is 1. The van der Waals surface area contributed by atoms with Crippen molar-refractivity contribution in [3.63, 3.8) is 0 Å². The van der Waals surface area contributed by atoms with Crippen molar-refractivity contribution in [1.29, 1.82) is 0 Å². The monoisotopic (exact) mass is 452 g/mol. The highest BCUT2D eigenvalue weighted by Gasteiger charge is 2.22. The fourth-order valence-corrected chi connectivity index (χ4v) is 4.64. The second-order valence-corrected chi connectivity index (χ2v) is 8.32. The van der Waals surface area contributed by atoms with Crippen LogP contribution < -0.4 is 5.32 Å². The standard InChI is InChI=1S/C21H16N4O4S2/c26-21(27)18-20(31-12-22-18)23-16(10-13-6-8-15(9-7-13)25(28)29)17-11-30-19(24-17)14-4-2-1-3-5-14/h1-9,11-12,16,23H,10H2,(H,26,27). The first-order valence-corrected chi connectivity index (χ1v) is 10.9. The van der Waals surface area contributed by atoms with Gasteiger partial charge in [0.15, 0.2) is 5.69 Å². The molecule has 0 spiro atoms. The largest absolute Gasteiger partial charge is 0.476 e. The van der Waals surface area contributed by atoms with E-state index in [0.29, 0.717) is 11.4 Å². The number of nitro groups is 1. The molecule has 4 aromatic rings. The van der Waals surface area contributed by atoms with Crippen molar-refractivity contribution >= 4 is 39.3 Å².